The Kier molecular flexibility index (Phi) is 3.94. The minimum Gasteiger partial charge on any atom is -0.483 e. The van der Waals surface area contributed by atoms with Crippen molar-refractivity contribution in [3.05, 3.63) is 0 Å². The van der Waals surface area contributed by atoms with Crippen molar-refractivity contribution in [2.45, 2.75) is 39.8 Å². The fraction of sp³-hybridized carbons (Fsp3) is 0.833. The van der Waals surface area contributed by atoms with Gasteiger partial charge in [-0.3, -0.25) is 4.79 Å². The van der Waals surface area contributed by atoms with Crippen molar-refractivity contribution in [2.24, 2.45) is 16.8 Å². The van der Waals surface area contributed by atoms with Crippen LogP contribution in [0.25, 0.3) is 0 Å². The molecule has 0 aromatic carbocycles. The summed E-state index contributed by atoms with van der Waals surface area (Å²) in [6.07, 6.45) is 0. The zero-order valence-corrected chi connectivity index (χ0v) is 11.0. The van der Waals surface area contributed by atoms with E-state index in [2.05, 4.69) is 18.8 Å². The number of ether oxygens (including phenoxy) is 1. The fourth-order valence-electron chi connectivity index (χ4n) is 2.12. The third kappa shape index (κ3) is 2.20. The molecule has 0 aromatic rings. The van der Waals surface area contributed by atoms with Crippen LogP contribution in [-0.4, -0.2) is 42.9 Å². The number of rotatable bonds is 2. The summed E-state index contributed by atoms with van der Waals surface area (Å²) >= 11 is 0. The lowest BCUT2D eigenvalue weighted by atomic mass is 9.95. The van der Waals surface area contributed by atoms with E-state index < -0.39 is 0 Å². The van der Waals surface area contributed by atoms with Crippen molar-refractivity contribution in [3.8, 4) is 0 Å². The Bertz CT molecular complexity index is 297. The number of carbonyl (C=O) groups is 1. The number of hydrogen-bond donors (Lipinski definition) is 0. The van der Waals surface area contributed by atoms with E-state index in [-0.39, 0.29) is 23.9 Å². The largest absolute Gasteiger partial charge is 0.483 e. The number of amides is 1. The minimum absolute atomic E-state index is 0.0347. The van der Waals surface area contributed by atoms with Gasteiger partial charge in [-0.15, -0.1) is 0 Å². The maximum atomic E-state index is 12.1. The lowest BCUT2D eigenvalue weighted by molar-refractivity contribution is -0.135. The second-order valence-corrected chi connectivity index (χ2v) is 5.00. The average molecular weight is 226 g/mol. The summed E-state index contributed by atoms with van der Waals surface area (Å²) in [4.78, 5) is 18.3. The molecule has 16 heavy (non-hydrogen) atoms. The van der Waals surface area contributed by atoms with Crippen LogP contribution in [0.4, 0.5) is 0 Å². The molecule has 0 N–H and O–H groups in total. The maximum absolute atomic E-state index is 12.1. The molecule has 1 amide bonds. The molecular formula is C12H22N2O2. The summed E-state index contributed by atoms with van der Waals surface area (Å²) in [6.45, 7) is 8.14. The third-order valence-corrected chi connectivity index (χ3v) is 3.01. The molecule has 1 aliphatic heterocycles. The molecule has 0 bridgehead atoms. The molecule has 4 nitrogen and oxygen atoms in total. The number of methoxy groups -OCH3 is 1. The van der Waals surface area contributed by atoms with E-state index >= 15 is 0 Å². The lowest BCUT2D eigenvalue weighted by Gasteiger charge is -2.38. The molecule has 92 valence electrons. The predicted octanol–water partition coefficient (Wildman–Crippen LogP) is 1.55. The number of hydrogen-bond acceptors (Lipinski definition) is 3. The first-order chi connectivity index (χ1) is 7.40. The SMILES string of the molecule is COC1=N[C@@H](C(C)C)C(=O)N(C)[C@H]1C(C)C. The van der Waals surface area contributed by atoms with Crippen LogP contribution in [0.1, 0.15) is 27.7 Å². The van der Waals surface area contributed by atoms with Crippen LogP contribution in [0.2, 0.25) is 0 Å². The first-order valence-corrected chi connectivity index (χ1v) is 5.78. The van der Waals surface area contributed by atoms with Crippen LogP contribution in [0.3, 0.4) is 0 Å². The molecule has 0 saturated heterocycles. The molecule has 1 aliphatic rings. The zero-order chi connectivity index (χ0) is 12.5. The maximum Gasteiger partial charge on any atom is 0.248 e. The smallest absolute Gasteiger partial charge is 0.248 e. The predicted molar refractivity (Wildman–Crippen MR) is 64.5 cm³/mol. The normalized spacial score (nSPS) is 26.4. The van der Waals surface area contributed by atoms with E-state index in [0.29, 0.717) is 11.8 Å². The van der Waals surface area contributed by atoms with Crippen LogP contribution in [-0.2, 0) is 9.53 Å². The van der Waals surface area contributed by atoms with Gasteiger partial charge in [0.2, 0.25) is 11.8 Å². The summed E-state index contributed by atoms with van der Waals surface area (Å²) in [5.41, 5.74) is 0. The first-order valence-electron chi connectivity index (χ1n) is 5.78. The van der Waals surface area contributed by atoms with E-state index in [1.54, 1.807) is 12.0 Å². The van der Waals surface area contributed by atoms with Crippen molar-refractivity contribution in [3.63, 3.8) is 0 Å². The van der Waals surface area contributed by atoms with Crippen LogP contribution in [0, 0.1) is 11.8 Å². The summed E-state index contributed by atoms with van der Waals surface area (Å²) in [6, 6.07) is -0.331. The van der Waals surface area contributed by atoms with Gasteiger partial charge in [0.15, 0.2) is 0 Å². The number of carbonyl (C=O) groups excluding carboxylic acids is 1. The van der Waals surface area contributed by atoms with Crippen molar-refractivity contribution in [2.75, 3.05) is 14.2 Å². The molecule has 0 unspecified atom stereocenters. The quantitative estimate of drug-likeness (QED) is 0.717. The van der Waals surface area contributed by atoms with E-state index in [0.717, 1.165) is 0 Å². The lowest BCUT2D eigenvalue weighted by Crippen LogP contribution is -2.54. The Balaban J connectivity index is 3.09. The second kappa shape index (κ2) is 4.85. The average Bonchev–Trinajstić information content (AvgIpc) is 2.20. The van der Waals surface area contributed by atoms with Crippen molar-refractivity contribution >= 4 is 11.8 Å². The Labute approximate surface area is 97.7 Å². The van der Waals surface area contributed by atoms with E-state index in [4.69, 9.17) is 4.74 Å². The van der Waals surface area contributed by atoms with E-state index in [9.17, 15) is 4.79 Å². The number of nitrogens with zero attached hydrogens (tertiary/aromatic N) is 2. The topological polar surface area (TPSA) is 41.9 Å². The summed E-state index contributed by atoms with van der Waals surface area (Å²) in [5, 5.41) is 0. The van der Waals surface area contributed by atoms with E-state index in [1.807, 2.05) is 20.9 Å². The van der Waals surface area contributed by atoms with Gasteiger partial charge in [0.05, 0.1) is 7.11 Å². The molecular weight excluding hydrogens is 204 g/mol. The zero-order valence-electron chi connectivity index (χ0n) is 11.0. The molecule has 0 spiro atoms. The molecule has 0 aromatic heterocycles. The summed E-state index contributed by atoms with van der Waals surface area (Å²) in [7, 11) is 3.45. The second-order valence-electron chi connectivity index (χ2n) is 5.00. The number of aliphatic imine (C=N–C) groups is 1. The Morgan fingerprint density at radius 2 is 1.81 bits per heavy atom. The Morgan fingerprint density at radius 3 is 2.19 bits per heavy atom. The van der Waals surface area contributed by atoms with Gasteiger partial charge in [-0.25, -0.2) is 4.99 Å². The fourth-order valence-corrected chi connectivity index (χ4v) is 2.12. The van der Waals surface area contributed by atoms with Gasteiger partial charge < -0.3 is 9.64 Å². The molecule has 4 heteroatoms. The highest BCUT2D eigenvalue weighted by Crippen LogP contribution is 2.22. The van der Waals surface area contributed by atoms with Gasteiger partial charge in [-0.1, -0.05) is 27.7 Å². The summed E-state index contributed by atoms with van der Waals surface area (Å²) in [5.74, 6) is 1.28. The van der Waals surface area contributed by atoms with Crippen molar-refractivity contribution in [1.82, 2.24) is 4.90 Å². The minimum atomic E-state index is -0.296. The highest BCUT2D eigenvalue weighted by atomic mass is 16.5. The molecule has 1 rings (SSSR count). The van der Waals surface area contributed by atoms with Gasteiger partial charge in [-0.05, 0) is 11.8 Å². The van der Waals surface area contributed by atoms with Gasteiger partial charge >= 0.3 is 0 Å². The van der Waals surface area contributed by atoms with Crippen molar-refractivity contribution in [1.29, 1.82) is 0 Å². The molecule has 0 fully saturated rings. The standard InChI is InChI=1S/C12H22N2O2/c1-7(2)9-12(15)14(5)10(8(3)4)11(13-9)16-6/h7-10H,1-6H3/t9-,10-/m0/s1. The van der Waals surface area contributed by atoms with Gasteiger partial charge in [-0.2, -0.15) is 0 Å². The van der Waals surface area contributed by atoms with Crippen molar-refractivity contribution < 1.29 is 9.53 Å². The molecule has 2 atom stereocenters. The molecule has 0 aliphatic carbocycles. The van der Waals surface area contributed by atoms with Crippen LogP contribution < -0.4 is 0 Å². The Hall–Kier alpha value is -1.06. The van der Waals surface area contributed by atoms with Gasteiger partial charge in [0.1, 0.15) is 12.1 Å². The first kappa shape index (κ1) is 13.0. The number of likely N-dealkylation sites (N-methyl/N-ethyl adjacent to an activating group) is 1. The third-order valence-electron chi connectivity index (χ3n) is 3.01. The monoisotopic (exact) mass is 226 g/mol. The van der Waals surface area contributed by atoms with Crippen LogP contribution >= 0.6 is 0 Å². The molecule has 0 radical (unpaired) electrons. The van der Waals surface area contributed by atoms with Gasteiger partial charge in [0.25, 0.3) is 0 Å². The van der Waals surface area contributed by atoms with Crippen LogP contribution in [0.5, 0.6) is 0 Å². The highest BCUT2D eigenvalue weighted by Gasteiger charge is 2.38. The van der Waals surface area contributed by atoms with Gasteiger partial charge in [0, 0.05) is 7.05 Å². The van der Waals surface area contributed by atoms with Crippen LogP contribution in [0.15, 0.2) is 4.99 Å². The Morgan fingerprint density at radius 1 is 1.25 bits per heavy atom. The van der Waals surface area contributed by atoms with E-state index in [1.165, 1.54) is 0 Å². The molecule has 1 heterocycles. The summed E-state index contributed by atoms with van der Waals surface area (Å²) < 4.78 is 5.32. The molecule has 0 saturated carbocycles. The highest BCUT2D eigenvalue weighted by molar-refractivity contribution is 5.95.